The second-order valence-corrected chi connectivity index (χ2v) is 5.47. The molecule has 1 aliphatic heterocycles. The Morgan fingerprint density at radius 2 is 2.00 bits per heavy atom. The second-order valence-electron chi connectivity index (χ2n) is 5.47. The summed E-state index contributed by atoms with van der Waals surface area (Å²) in [6.45, 7) is 2.85. The maximum absolute atomic E-state index is 5.23. The van der Waals surface area contributed by atoms with E-state index in [9.17, 15) is 0 Å². The Morgan fingerprint density at radius 3 is 2.64 bits per heavy atom. The molecule has 0 aromatic carbocycles. The van der Waals surface area contributed by atoms with E-state index in [0.29, 0.717) is 23.6 Å². The van der Waals surface area contributed by atoms with Crippen LogP contribution in [-0.2, 0) is 6.54 Å². The summed E-state index contributed by atoms with van der Waals surface area (Å²) in [5.74, 6) is 2.28. The second kappa shape index (κ2) is 6.64. The lowest BCUT2D eigenvalue weighted by atomic mass is 9.98. The highest BCUT2D eigenvalue weighted by molar-refractivity contribution is 5.37. The van der Waals surface area contributed by atoms with Gasteiger partial charge in [0.15, 0.2) is 0 Å². The van der Waals surface area contributed by atoms with Crippen molar-refractivity contribution in [3.05, 3.63) is 24.8 Å². The standard InChI is InChI=1S/C15H21N5O2/c1-21-13-8-14(22-2)18-15(17-13)20-6-3-4-12(10-20)9-19-7-5-16-11-19/h5,7-8,11-12H,3-4,6,9-10H2,1-2H3/t12-/m0/s1. The minimum atomic E-state index is 0.526. The minimum Gasteiger partial charge on any atom is -0.481 e. The molecular weight excluding hydrogens is 282 g/mol. The summed E-state index contributed by atoms with van der Waals surface area (Å²) < 4.78 is 12.6. The molecule has 118 valence electrons. The van der Waals surface area contributed by atoms with E-state index >= 15 is 0 Å². The fraction of sp³-hybridized carbons (Fsp3) is 0.533. The van der Waals surface area contributed by atoms with E-state index in [-0.39, 0.29) is 0 Å². The number of methoxy groups -OCH3 is 2. The van der Waals surface area contributed by atoms with E-state index in [2.05, 4.69) is 24.4 Å². The number of imidazole rings is 1. The monoisotopic (exact) mass is 303 g/mol. The molecule has 7 nitrogen and oxygen atoms in total. The Balaban J connectivity index is 1.73. The van der Waals surface area contributed by atoms with Crippen LogP contribution in [0.5, 0.6) is 11.8 Å². The molecule has 2 aromatic heterocycles. The molecule has 7 heteroatoms. The number of hydrogen-bond acceptors (Lipinski definition) is 6. The zero-order chi connectivity index (χ0) is 15.4. The molecular formula is C15H21N5O2. The van der Waals surface area contributed by atoms with Gasteiger partial charge in [0.2, 0.25) is 17.7 Å². The summed E-state index contributed by atoms with van der Waals surface area (Å²) in [5, 5.41) is 0. The zero-order valence-electron chi connectivity index (χ0n) is 13.0. The maximum Gasteiger partial charge on any atom is 0.231 e. The van der Waals surface area contributed by atoms with Crippen LogP contribution in [0.1, 0.15) is 12.8 Å². The summed E-state index contributed by atoms with van der Waals surface area (Å²) in [7, 11) is 3.20. The molecule has 0 radical (unpaired) electrons. The van der Waals surface area contributed by atoms with Crippen molar-refractivity contribution in [3.8, 4) is 11.8 Å². The van der Waals surface area contributed by atoms with Crippen molar-refractivity contribution in [1.82, 2.24) is 19.5 Å². The third-order valence-corrected chi connectivity index (χ3v) is 3.92. The van der Waals surface area contributed by atoms with Crippen molar-refractivity contribution >= 4 is 5.95 Å². The molecule has 0 saturated carbocycles. The van der Waals surface area contributed by atoms with Gasteiger partial charge in [-0.05, 0) is 18.8 Å². The van der Waals surface area contributed by atoms with Crippen LogP contribution >= 0.6 is 0 Å². The Morgan fingerprint density at radius 1 is 1.23 bits per heavy atom. The quantitative estimate of drug-likeness (QED) is 0.836. The number of anilines is 1. The average molecular weight is 303 g/mol. The molecule has 3 heterocycles. The van der Waals surface area contributed by atoms with Gasteiger partial charge in [0, 0.05) is 32.0 Å². The lowest BCUT2D eigenvalue weighted by Gasteiger charge is -2.33. The van der Waals surface area contributed by atoms with Gasteiger partial charge in [0.25, 0.3) is 0 Å². The molecule has 1 aliphatic rings. The van der Waals surface area contributed by atoms with Gasteiger partial charge in [0.05, 0.1) is 26.6 Å². The van der Waals surface area contributed by atoms with Gasteiger partial charge in [-0.2, -0.15) is 9.97 Å². The molecule has 0 aliphatic carbocycles. The van der Waals surface area contributed by atoms with Gasteiger partial charge in [-0.15, -0.1) is 0 Å². The van der Waals surface area contributed by atoms with E-state index in [0.717, 1.165) is 26.1 Å². The lowest BCUT2D eigenvalue weighted by molar-refractivity contribution is 0.353. The highest BCUT2D eigenvalue weighted by Crippen LogP contribution is 2.25. The van der Waals surface area contributed by atoms with Gasteiger partial charge in [-0.3, -0.25) is 0 Å². The highest BCUT2D eigenvalue weighted by Gasteiger charge is 2.23. The molecule has 1 saturated heterocycles. The van der Waals surface area contributed by atoms with Gasteiger partial charge >= 0.3 is 0 Å². The van der Waals surface area contributed by atoms with Crippen LogP contribution in [0.4, 0.5) is 5.95 Å². The molecule has 0 amide bonds. The van der Waals surface area contributed by atoms with E-state index in [1.165, 1.54) is 6.42 Å². The van der Waals surface area contributed by atoms with Gasteiger partial charge in [-0.1, -0.05) is 0 Å². The molecule has 2 aromatic rings. The van der Waals surface area contributed by atoms with Crippen LogP contribution in [-0.4, -0.2) is 46.8 Å². The first-order chi connectivity index (χ1) is 10.8. The normalized spacial score (nSPS) is 18.3. The Hall–Kier alpha value is -2.31. The van der Waals surface area contributed by atoms with Gasteiger partial charge in [0.1, 0.15) is 0 Å². The topological polar surface area (TPSA) is 65.3 Å². The third kappa shape index (κ3) is 3.29. The van der Waals surface area contributed by atoms with E-state index < -0.39 is 0 Å². The van der Waals surface area contributed by atoms with Gasteiger partial charge in [-0.25, -0.2) is 4.98 Å². The largest absolute Gasteiger partial charge is 0.481 e. The van der Waals surface area contributed by atoms with Gasteiger partial charge < -0.3 is 18.9 Å². The third-order valence-electron chi connectivity index (χ3n) is 3.92. The molecule has 3 rings (SSSR count). The highest BCUT2D eigenvalue weighted by atomic mass is 16.5. The SMILES string of the molecule is COc1cc(OC)nc(N2CCC[C@@H](Cn3ccnc3)C2)n1. The van der Waals surface area contributed by atoms with Crippen LogP contribution in [0.2, 0.25) is 0 Å². The van der Waals surface area contributed by atoms with Crippen molar-refractivity contribution in [3.63, 3.8) is 0 Å². The van der Waals surface area contributed by atoms with E-state index in [4.69, 9.17) is 9.47 Å². The molecule has 0 bridgehead atoms. The average Bonchev–Trinajstić information content (AvgIpc) is 3.07. The van der Waals surface area contributed by atoms with Crippen molar-refractivity contribution < 1.29 is 9.47 Å². The predicted molar refractivity (Wildman–Crippen MR) is 82.3 cm³/mol. The number of rotatable bonds is 5. The first-order valence-corrected chi connectivity index (χ1v) is 7.46. The molecule has 0 unspecified atom stereocenters. The lowest BCUT2D eigenvalue weighted by Crippen LogP contribution is -2.38. The van der Waals surface area contributed by atoms with E-state index in [1.807, 2.05) is 18.7 Å². The zero-order valence-corrected chi connectivity index (χ0v) is 13.0. The van der Waals surface area contributed by atoms with Crippen molar-refractivity contribution in [2.45, 2.75) is 19.4 Å². The summed E-state index contributed by atoms with van der Waals surface area (Å²) in [6, 6.07) is 1.69. The number of nitrogens with zero attached hydrogens (tertiary/aromatic N) is 5. The maximum atomic E-state index is 5.23. The first kappa shape index (κ1) is 14.6. The van der Waals surface area contributed by atoms with Crippen LogP contribution in [0.25, 0.3) is 0 Å². The Bertz CT molecular complexity index is 580. The van der Waals surface area contributed by atoms with Crippen LogP contribution in [0.3, 0.4) is 0 Å². The number of piperidine rings is 1. The molecule has 22 heavy (non-hydrogen) atoms. The molecule has 1 atom stereocenters. The summed E-state index contributed by atoms with van der Waals surface area (Å²) in [5.41, 5.74) is 0. The van der Waals surface area contributed by atoms with Crippen LogP contribution in [0, 0.1) is 5.92 Å². The van der Waals surface area contributed by atoms with Crippen molar-refractivity contribution in [1.29, 1.82) is 0 Å². The molecule has 1 fully saturated rings. The number of ether oxygens (including phenoxy) is 2. The minimum absolute atomic E-state index is 0.526. The fourth-order valence-electron chi connectivity index (χ4n) is 2.83. The predicted octanol–water partition coefficient (Wildman–Crippen LogP) is 1.61. The smallest absolute Gasteiger partial charge is 0.231 e. The Kier molecular flexibility index (Phi) is 4.41. The van der Waals surface area contributed by atoms with Crippen LogP contribution in [0.15, 0.2) is 24.8 Å². The first-order valence-electron chi connectivity index (χ1n) is 7.46. The Labute approximate surface area is 129 Å². The van der Waals surface area contributed by atoms with Crippen molar-refractivity contribution in [2.75, 3.05) is 32.2 Å². The van der Waals surface area contributed by atoms with E-state index in [1.54, 1.807) is 20.3 Å². The number of hydrogen-bond donors (Lipinski definition) is 0. The fourth-order valence-corrected chi connectivity index (χ4v) is 2.83. The number of aromatic nitrogens is 4. The van der Waals surface area contributed by atoms with Crippen LogP contribution < -0.4 is 14.4 Å². The summed E-state index contributed by atoms with van der Waals surface area (Å²) in [4.78, 5) is 15.2. The van der Waals surface area contributed by atoms with Crippen molar-refractivity contribution in [2.24, 2.45) is 5.92 Å². The molecule has 0 spiro atoms. The summed E-state index contributed by atoms with van der Waals surface area (Å²) >= 11 is 0. The summed E-state index contributed by atoms with van der Waals surface area (Å²) in [6.07, 6.45) is 8.02. The molecule has 0 N–H and O–H groups in total.